The second-order valence-corrected chi connectivity index (χ2v) is 6.43. The number of nitrogens with two attached hydrogens (primary N) is 1. The Morgan fingerprint density at radius 1 is 1.16 bits per heavy atom. The predicted molar refractivity (Wildman–Crippen MR) is 82.2 cm³/mol. The standard InChI is InChI=1S/C16H34N2O/c1-4-15(5-2)9-12-18(13-10-15)11-7-8-16(19,6-3)14-17/h19H,4-14,17H2,1-3H3. The number of aliphatic hydroxyl groups is 1. The fraction of sp³-hybridized carbons (Fsp3) is 1.00. The highest BCUT2D eigenvalue weighted by Crippen LogP contribution is 2.37. The van der Waals surface area contributed by atoms with E-state index in [2.05, 4.69) is 18.7 Å². The van der Waals surface area contributed by atoms with E-state index in [1.165, 1.54) is 38.8 Å². The van der Waals surface area contributed by atoms with E-state index in [1.807, 2.05) is 6.92 Å². The molecule has 1 saturated heterocycles. The molecule has 0 aromatic rings. The number of piperidine rings is 1. The smallest absolute Gasteiger partial charge is 0.0767 e. The molecule has 1 aliphatic heterocycles. The van der Waals surface area contributed by atoms with Crippen molar-refractivity contribution in [1.29, 1.82) is 0 Å². The van der Waals surface area contributed by atoms with Gasteiger partial charge in [-0.05, 0) is 57.2 Å². The zero-order chi connectivity index (χ0) is 14.4. The molecule has 0 radical (unpaired) electrons. The molecule has 1 aliphatic rings. The quantitative estimate of drug-likeness (QED) is 0.713. The van der Waals surface area contributed by atoms with Crippen LogP contribution in [-0.2, 0) is 0 Å². The molecule has 1 rings (SSSR count). The summed E-state index contributed by atoms with van der Waals surface area (Å²) in [7, 11) is 0. The zero-order valence-corrected chi connectivity index (χ0v) is 13.2. The molecule has 1 heterocycles. The first-order valence-corrected chi connectivity index (χ1v) is 8.18. The molecule has 0 spiro atoms. The van der Waals surface area contributed by atoms with Crippen LogP contribution in [0.1, 0.15) is 65.7 Å². The van der Waals surface area contributed by atoms with Crippen molar-refractivity contribution in [3.63, 3.8) is 0 Å². The first-order chi connectivity index (χ1) is 9.03. The molecular formula is C16H34N2O. The van der Waals surface area contributed by atoms with E-state index >= 15 is 0 Å². The van der Waals surface area contributed by atoms with Crippen LogP contribution < -0.4 is 5.73 Å². The lowest BCUT2D eigenvalue weighted by molar-refractivity contribution is 0.0278. The number of hydrogen-bond donors (Lipinski definition) is 2. The third kappa shape index (κ3) is 4.73. The summed E-state index contributed by atoms with van der Waals surface area (Å²) in [5.74, 6) is 0. The van der Waals surface area contributed by atoms with Crippen LogP contribution in [0.25, 0.3) is 0 Å². The Hall–Kier alpha value is -0.120. The molecule has 0 aliphatic carbocycles. The first kappa shape index (κ1) is 16.9. The molecule has 0 amide bonds. The monoisotopic (exact) mass is 270 g/mol. The average Bonchev–Trinajstić information content (AvgIpc) is 2.48. The maximum absolute atomic E-state index is 10.2. The minimum Gasteiger partial charge on any atom is -0.389 e. The van der Waals surface area contributed by atoms with Crippen LogP contribution in [-0.4, -0.2) is 41.8 Å². The lowest BCUT2D eigenvalue weighted by Crippen LogP contribution is -2.41. The van der Waals surface area contributed by atoms with E-state index in [1.54, 1.807) is 0 Å². The summed E-state index contributed by atoms with van der Waals surface area (Å²) in [4.78, 5) is 2.57. The Labute approximate surface area is 119 Å². The fourth-order valence-corrected chi connectivity index (χ4v) is 3.26. The summed E-state index contributed by atoms with van der Waals surface area (Å²) >= 11 is 0. The molecule has 1 fully saturated rings. The number of hydrogen-bond acceptors (Lipinski definition) is 3. The molecule has 0 aromatic heterocycles. The van der Waals surface area contributed by atoms with Gasteiger partial charge in [-0.1, -0.05) is 33.6 Å². The van der Waals surface area contributed by atoms with Crippen molar-refractivity contribution in [1.82, 2.24) is 4.90 Å². The molecule has 3 N–H and O–H groups in total. The Balaban J connectivity index is 2.27. The Kier molecular flexibility index (Phi) is 6.78. The average molecular weight is 270 g/mol. The van der Waals surface area contributed by atoms with Crippen LogP contribution in [0.3, 0.4) is 0 Å². The molecule has 0 aromatic carbocycles. The van der Waals surface area contributed by atoms with Gasteiger partial charge in [-0.2, -0.15) is 0 Å². The minimum absolute atomic E-state index is 0.387. The summed E-state index contributed by atoms with van der Waals surface area (Å²) in [5, 5.41) is 10.2. The number of likely N-dealkylation sites (tertiary alicyclic amines) is 1. The van der Waals surface area contributed by atoms with E-state index in [-0.39, 0.29) is 0 Å². The van der Waals surface area contributed by atoms with Crippen molar-refractivity contribution in [2.75, 3.05) is 26.2 Å². The maximum Gasteiger partial charge on any atom is 0.0767 e. The largest absolute Gasteiger partial charge is 0.389 e. The maximum atomic E-state index is 10.2. The first-order valence-electron chi connectivity index (χ1n) is 8.18. The van der Waals surface area contributed by atoms with Crippen molar-refractivity contribution in [2.45, 2.75) is 71.3 Å². The molecule has 19 heavy (non-hydrogen) atoms. The van der Waals surface area contributed by atoms with Crippen LogP contribution >= 0.6 is 0 Å². The van der Waals surface area contributed by atoms with Crippen molar-refractivity contribution >= 4 is 0 Å². The van der Waals surface area contributed by atoms with Gasteiger partial charge in [0.2, 0.25) is 0 Å². The molecule has 3 heteroatoms. The third-order valence-electron chi connectivity index (χ3n) is 5.57. The van der Waals surface area contributed by atoms with Crippen LogP contribution in [0.4, 0.5) is 0 Å². The molecule has 1 unspecified atom stereocenters. The Morgan fingerprint density at radius 3 is 2.16 bits per heavy atom. The third-order valence-corrected chi connectivity index (χ3v) is 5.57. The lowest BCUT2D eigenvalue weighted by Gasteiger charge is -2.41. The van der Waals surface area contributed by atoms with Crippen molar-refractivity contribution in [2.24, 2.45) is 11.1 Å². The van der Waals surface area contributed by atoms with Gasteiger partial charge in [0.1, 0.15) is 0 Å². The van der Waals surface area contributed by atoms with Gasteiger partial charge in [0.05, 0.1) is 5.60 Å². The number of nitrogens with zero attached hydrogens (tertiary/aromatic N) is 1. The molecule has 3 nitrogen and oxygen atoms in total. The van der Waals surface area contributed by atoms with Gasteiger partial charge < -0.3 is 15.7 Å². The van der Waals surface area contributed by atoms with Gasteiger partial charge in [-0.3, -0.25) is 0 Å². The van der Waals surface area contributed by atoms with Gasteiger partial charge in [0.25, 0.3) is 0 Å². The van der Waals surface area contributed by atoms with Crippen LogP contribution in [0.15, 0.2) is 0 Å². The van der Waals surface area contributed by atoms with Gasteiger partial charge in [-0.15, -0.1) is 0 Å². The van der Waals surface area contributed by atoms with Crippen molar-refractivity contribution < 1.29 is 5.11 Å². The van der Waals surface area contributed by atoms with E-state index in [4.69, 9.17) is 5.73 Å². The second-order valence-electron chi connectivity index (χ2n) is 6.43. The van der Waals surface area contributed by atoms with Gasteiger partial charge in [-0.25, -0.2) is 0 Å². The van der Waals surface area contributed by atoms with Crippen molar-refractivity contribution in [3.05, 3.63) is 0 Å². The molecular weight excluding hydrogens is 236 g/mol. The van der Waals surface area contributed by atoms with Crippen LogP contribution in [0.2, 0.25) is 0 Å². The van der Waals surface area contributed by atoms with Crippen LogP contribution in [0, 0.1) is 5.41 Å². The summed E-state index contributed by atoms with van der Waals surface area (Å²) in [6.07, 6.45) is 7.98. The zero-order valence-electron chi connectivity index (χ0n) is 13.2. The second kappa shape index (κ2) is 7.61. The highest BCUT2D eigenvalue weighted by Gasteiger charge is 2.31. The topological polar surface area (TPSA) is 49.5 Å². The van der Waals surface area contributed by atoms with E-state index in [0.29, 0.717) is 12.0 Å². The minimum atomic E-state index is -0.633. The lowest BCUT2D eigenvalue weighted by atomic mass is 9.74. The molecule has 114 valence electrons. The normalized spacial score (nSPS) is 23.2. The SMILES string of the molecule is CCC(O)(CN)CCCN1CCC(CC)(CC)CC1. The molecule has 0 bridgehead atoms. The molecule has 1 atom stereocenters. The Morgan fingerprint density at radius 2 is 1.74 bits per heavy atom. The van der Waals surface area contributed by atoms with Gasteiger partial charge >= 0.3 is 0 Å². The summed E-state index contributed by atoms with van der Waals surface area (Å²) < 4.78 is 0. The van der Waals surface area contributed by atoms with E-state index in [0.717, 1.165) is 25.8 Å². The summed E-state index contributed by atoms with van der Waals surface area (Å²) in [6, 6.07) is 0. The number of rotatable bonds is 8. The highest BCUT2D eigenvalue weighted by atomic mass is 16.3. The van der Waals surface area contributed by atoms with Gasteiger partial charge in [0.15, 0.2) is 0 Å². The van der Waals surface area contributed by atoms with Crippen LogP contribution in [0.5, 0.6) is 0 Å². The van der Waals surface area contributed by atoms with E-state index < -0.39 is 5.60 Å². The predicted octanol–water partition coefficient (Wildman–Crippen LogP) is 2.77. The van der Waals surface area contributed by atoms with E-state index in [9.17, 15) is 5.11 Å². The summed E-state index contributed by atoms with van der Waals surface area (Å²) in [5.41, 5.74) is 5.62. The van der Waals surface area contributed by atoms with Crippen molar-refractivity contribution in [3.8, 4) is 0 Å². The fourth-order valence-electron chi connectivity index (χ4n) is 3.26. The van der Waals surface area contributed by atoms with Gasteiger partial charge in [0, 0.05) is 6.54 Å². The Bertz CT molecular complexity index is 237. The molecule has 0 saturated carbocycles. The highest BCUT2D eigenvalue weighted by molar-refractivity contribution is 4.84. The summed E-state index contributed by atoms with van der Waals surface area (Å²) in [6.45, 7) is 10.7.